The molecule has 2 aliphatic rings. The van der Waals surface area contributed by atoms with E-state index in [4.69, 9.17) is 4.74 Å². The van der Waals surface area contributed by atoms with Crippen LogP contribution in [0.2, 0.25) is 0 Å². The number of hydrogen-bond acceptors (Lipinski definition) is 3. The maximum absolute atomic E-state index is 13.1. The van der Waals surface area contributed by atoms with E-state index in [1.807, 2.05) is 47.4 Å². The largest absolute Gasteiger partial charge is 0.483 e. The quantitative estimate of drug-likeness (QED) is 0.688. The van der Waals surface area contributed by atoms with Crippen molar-refractivity contribution in [3.05, 3.63) is 82.2 Å². The maximum Gasteiger partial charge on any atom is 0.270 e. The monoisotopic (exact) mass is 386 g/mol. The molecule has 1 fully saturated rings. The molecular weight excluding hydrogens is 364 g/mol. The van der Waals surface area contributed by atoms with Crippen LogP contribution in [0.5, 0.6) is 5.75 Å². The number of benzene rings is 2. The lowest BCUT2D eigenvalue weighted by molar-refractivity contribution is 0.0725. The highest BCUT2D eigenvalue weighted by Gasteiger charge is 2.36. The van der Waals surface area contributed by atoms with Crippen LogP contribution < -0.4 is 10.2 Å². The van der Waals surface area contributed by atoms with Gasteiger partial charge < -0.3 is 14.6 Å². The Labute approximate surface area is 168 Å². The Morgan fingerprint density at radius 1 is 1.03 bits per heavy atom. The average molecular weight is 386 g/mol. The second kappa shape index (κ2) is 6.92. The lowest BCUT2D eigenvalue weighted by atomic mass is 9.91. The number of nitrogens with zero attached hydrogens (tertiary/aromatic N) is 1. The van der Waals surface area contributed by atoms with Gasteiger partial charge in [-0.15, -0.1) is 0 Å². The van der Waals surface area contributed by atoms with Crippen LogP contribution in [0.4, 0.5) is 0 Å². The molecule has 0 saturated carbocycles. The van der Waals surface area contributed by atoms with Crippen molar-refractivity contribution < 1.29 is 9.53 Å². The number of carbonyl (C=O) groups is 1. The van der Waals surface area contributed by atoms with Gasteiger partial charge in [-0.05, 0) is 37.1 Å². The fourth-order valence-electron chi connectivity index (χ4n) is 4.29. The molecule has 1 spiro atoms. The van der Waals surface area contributed by atoms with Gasteiger partial charge in [0, 0.05) is 42.0 Å². The summed E-state index contributed by atoms with van der Waals surface area (Å²) in [5.74, 6) is 0.763. The summed E-state index contributed by atoms with van der Waals surface area (Å²) in [5, 5.41) is 0.596. The number of aromatic nitrogens is 1. The fourth-order valence-corrected chi connectivity index (χ4v) is 4.29. The summed E-state index contributed by atoms with van der Waals surface area (Å²) in [6.07, 6.45) is 6.69. The molecule has 5 nitrogen and oxygen atoms in total. The molecule has 29 heavy (non-hydrogen) atoms. The summed E-state index contributed by atoms with van der Waals surface area (Å²) in [6.45, 7) is 1.23. The molecule has 1 atom stereocenters. The molecule has 146 valence electrons. The first-order valence-electron chi connectivity index (χ1n) is 10.0. The molecule has 0 radical (unpaired) electrons. The molecule has 0 aliphatic carbocycles. The molecule has 5 heteroatoms. The van der Waals surface area contributed by atoms with E-state index < -0.39 is 0 Å². The van der Waals surface area contributed by atoms with E-state index in [2.05, 4.69) is 17.1 Å². The highest BCUT2D eigenvalue weighted by Crippen LogP contribution is 2.37. The molecule has 1 N–H and O–H groups in total. The first kappa shape index (κ1) is 17.7. The minimum Gasteiger partial charge on any atom is -0.483 e. The smallest absolute Gasteiger partial charge is 0.270 e. The third kappa shape index (κ3) is 3.23. The van der Waals surface area contributed by atoms with Gasteiger partial charge in [0.25, 0.3) is 5.91 Å². The number of pyridine rings is 1. The van der Waals surface area contributed by atoms with Crippen LogP contribution in [-0.2, 0) is 0 Å². The Balaban J connectivity index is 1.38. The number of likely N-dealkylation sites (tertiary alicyclic amines) is 1. The van der Waals surface area contributed by atoms with Gasteiger partial charge in [-0.3, -0.25) is 9.59 Å². The van der Waals surface area contributed by atoms with Gasteiger partial charge in [0.1, 0.15) is 17.0 Å². The van der Waals surface area contributed by atoms with Crippen molar-refractivity contribution in [2.45, 2.75) is 24.9 Å². The third-order valence-corrected chi connectivity index (χ3v) is 5.89. The number of fused-ring (bicyclic) bond motifs is 2. The number of H-pyrrole nitrogens is 1. The van der Waals surface area contributed by atoms with E-state index in [0.29, 0.717) is 29.7 Å². The molecule has 2 aliphatic heterocycles. The molecule has 0 bridgehead atoms. The Morgan fingerprint density at radius 2 is 1.86 bits per heavy atom. The second-order valence-corrected chi connectivity index (χ2v) is 7.78. The topological polar surface area (TPSA) is 62.4 Å². The van der Waals surface area contributed by atoms with Gasteiger partial charge in [-0.25, -0.2) is 0 Å². The van der Waals surface area contributed by atoms with Crippen LogP contribution >= 0.6 is 0 Å². The Kier molecular flexibility index (Phi) is 4.23. The number of para-hydroxylation sites is 2. The summed E-state index contributed by atoms with van der Waals surface area (Å²) in [5.41, 5.74) is 1.60. The van der Waals surface area contributed by atoms with Crippen molar-refractivity contribution in [3.8, 4) is 5.75 Å². The van der Waals surface area contributed by atoms with Gasteiger partial charge >= 0.3 is 0 Å². The number of hydrogen-bond donors (Lipinski definition) is 1. The molecule has 1 saturated heterocycles. The zero-order chi connectivity index (χ0) is 19.8. The van der Waals surface area contributed by atoms with E-state index in [9.17, 15) is 9.59 Å². The molecule has 3 aromatic rings. The Hall–Kier alpha value is -3.34. The van der Waals surface area contributed by atoms with Crippen LogP contribution in [-0.4, -0.2) is 34.5 Å². The first-order valence-corrected chi connectivity index (χ1v) is 10.0. The Morgan fingerprint density at radius 3 is 2.79 bits per heavy atom. The highest BCUT2D eigenvalue weighted by molar-refractivity contribution is 5.94. The van der Waals surface area contributed by atoms with Gasteiger partial charge in [-0.1, -0.05) is 36.4 Å². The molecule has 3 heterocycles. The number of amides is 1. The lowest BCUT2D eigenvalue weighted by Crippen LogP contribution is -2.38. The van der Waals surface area contributed by atoms with Crippen molar-refractivity contribution in [3.63, 3.8) is 0 Å². The number of rotatable bonds is 1. The molecule has 1 unspecified atom stereocenters. The number of nitrogens with one attached hydrogen (secondary N) is 1. The zero-order valence-corrected chi connectivity index (χ0v) is 16.1. The summed E-state index contributed by atoms with van der Waals surface area (Å²) in [4.78, 5) is 30.5. The number of carbonyl (C=O) groups excluding carboxylic acids is 1. The zero-order valence-electron chi connectivity index (χ0n) is 16.1. The van der Waals surface area contributed by atoms with E-state index in [-0.39, 0.29) is 16.9 Å². The first-order chi connectivity index (χ1) is 14.1. The standard InChI is InChI=1S/C24H22N2O3/c27-21-16-20(25-19-8-3-2-7-18(19)21)23(28)26-14-5-11-24(13-15-26)12-10-17-6-1-4-9-22(17)29-24/h1-4,6-10,12,16H,5,11,13-15H2,(H,25,27). The van der Waals surface area contributed by atoms with Gasteiger partial charge in [-0.2, -0.15) is 0 Å². The second-order valence-electron chi connectivity index (χ2n) is 7.78. The molecular formula is C24H22N2O3. The van der Waals surface area contributed by atoms with Crippen LogP contribution in [0.3, 0.4) is 0 Å². The van der Waals surface area contributed by atoms with Crippen molar-refractivity contribution in [1.29, 1.82) is 0 Å². The SMILES string of the molecule is O=C(c1cc(=O)c2ccccc2[nH]1)N1CCCC2(C=Cc3ccccc3O2)CC1. The van der Waals surface area contributed by atoms with Gasteiger partial charge in [0.05, 0.1) is 0 Å². The van der Waals surface area contributed by atoms with Crippen molar-refractivity contribution >= 4 is 22.9 Å². The predicted molar refractivity (Wildman–Crippen MR) is 113 cm³/mol. The van der Waals surface area contributed by atoms with Crippen molar-refractivity contribution in [1.82, 2.24) is 9.88 Å². The van der Waals surface area contributed by atoms with E-state index in [1.54, 1.807) is 6.07 Å². The van der Waals surface area contributed by atoms with Crippen LogP contribution in [0.1, 0.15) is 35.3 Å². The molecule has 5 rings (SSSR count). The highest BCUT2D eigenvalue weighted by atomic mass is 16.5. The van der Waals surface area contributed by atoms with Crippen LogP contribution in [0, 0.1) is 0 Å². The fraction of sp³-hybridized carbons (Fsp3) is 0.250. The average Bonchev–Trinajstić information content (AvgIpc) is 2.95. The maximum atomic E-state index is 13.1. The van der Waals surface area contributed by atoms with Crippen molar-refractivity contribution in [2.24, 2.45) is 0 Å². The minimum atomic E-state index is -0.375. The minimum absolute atomic E-state index is 0.134. The normalized spacial score (nSPS) is 20.9. The Bertz CT molecular complexity index is 1180. The summed E-state index contributed by atoms with van der Waals surface area (Å²) >= 11 is 0. The van der Waals surface area contributed by atoms with Gasteiger partial charge in [0.15, 0.2) is 5.43 Å². The van der Waals surface area contributed by atoms with E-state index in [1.165, 1.54) is 6.07 Å². The van der Waals surface area contributed by atoms with Crippen LogP contribution in [0.15, 0.2) is 65.5 Å². The number of aromatic amines is 1. The molecule has 1 aromatic heterocycles. The predicted octanol–water partition coefficient (Wildman–Crippen LogP) is 4.00. The van der Waals surface area contributed by atoms with Crippen LogP contribution in [0.25, 0.3) is 17.0 Å². The summed E-state index contributed by atoms with van der Waals surface area (Å²) in [7, 11) is 0. The summed E-state index contributed by atoms with van der Waals surface area (Å²) in [6, 6.07) is 16.7. The molecule has 2 aromatic carbocycles. The van der Waals surface area contributed by atoms with Crippen molar-refractivity contribution in [2.75, 3.05) is 13.1 Å². The lowest BCUT2D eigenvalue weighted by Gasteiger charge is -2.34. The van der Waals surface area contributed by atoms with Gasteiger partial charge in [0.2, 0.25) is 0 Å². The molecule has 1 amide bonds. The number of ether oxygens (including phenoxy) is 1. The summed E-state index contributed by atoms with van der Waals surface area (Å²) < 4.78 is 6.37. The van der Waals surface area contributed by atoms with E-state index in [0.717, 1.165) is 30.6 Å². The van der Waals surface area contributed by atoms with E-state index >= 15 is 0 Å². The third-order valence-electron chi connectivity index (χ3n) is 5.89.